The van der Waals surface area contributed by atoms with Crippen LogP contribution in [-0.2, 0) is 14.8 Å². The zero-order valence-corrected chi connectivity index (χ0v) is 16.8. The summed E-state index contributed by atoms with van der Waals surface area (Å²) in [5.74, 6) is 0.848. The van der Waals surface area contributed by atoms with Crippen LogP contribution in [0.5, 0.6) is 5.75 Å². The van der Waals surface area contributed by atoms with Gasteiger partial charge >= 0.3 is 0 Å². The molecule has 0 radical (unpaired) electrons. The van der Waals surface area contributed by atoms with E-state index in [1.807, 2.05) is 12.1 Å². The van der Waals surface area contributed by atoms with E-state index in [9.17, 15) is 8.42 Å². The van der Waals surface area contributed by atoms with Gasteiger partial charge in [0, 0.05) is 31.3 Å². The Morgan fingerprint density at radius 3 is 2.72 bits per heavy atom. The van der Waals surface area contributed by atoms with Crippen molar-refractivity contribution < 1.29 is 22.4 Å². The Bertz CT molecular complexity index is 1080. The first kappa shape index (κ1) is 18.7. The molecule has 9 heteroatoms. The molecule has 2 aromatic heterocycles. The lowest BCUT2D eigenvalue weighted by atomic mass is 10.1. The van der Waals surface area contributed by atoms with E-state index in [1.165, 1.54) is 16.8 Å². The highest BCUT2D eigenvalue weighted by Crippen LogP contribution is 2.33. The van der Waals surface area contributed by atoms with Crippen molar-refractivity contribution in [2.24, 2.45) is 0 Å². The predicted octanol–water partition coefficient (Wildman–Crippen LogP) is 2.82. The quantitative estimate of drug-likeness (QED) is 0.634. The number of aromatic nitrogens is 2. The summed E-state index contributed by atoms with van der Waals surface area (Å²) in [5, 5.41) is 4.58. The van der Waals surface area contributed by atoms with Crippen LogP contribution in [0, 0.1) is 0 Å². The van der Waals surface area contributed by atoms with Crippen molar-refractivity contribution >= 4 is 20.9 Å². The number of ether oxygens (including phenoxy) is 2. The van der Waals surface area contributed by atoms with Crippen LogP contribution in [0.3, 0.4) is 0 Å². The molecule has 154 valence electrons. The molecule has 0 spiro atoms. The van der Waals surface area contributed by atoms with Gasteiger partial charge < -0.3 is 18.6 Å². The molecule has 0 saturated carbocycles. The summed E-state index contributed by atoms with van der Waals surface area (Å²) in [7, 11) is -3.55. The number of hydrogen-bond donors (Lipinski definition) is 0. The highest BCUT2D eigenvalue weighted by atomic mass is 32.2. The summed E-state index contributed by atoms with van der Waals surface area (Å²) >= 11 is 0. The summed E-state index contributed by atoms with van der Waals surface area (Å²) in [4.78, 5) is 0.0962. The topological polar surface area (TPSA) is 86.8 Å². The average molecular weight is 417 g/mol. The van der Waals surface area contributed by atoms with E-state index in [-0.39, 0.29) is 11.0 Å². The van der Waals surface area contributed by atoms with Crippen molar-refractivity contribution in [3.63, 3.8) is 0 Å². The summed E-state index contributed by atoms with van der Waals surface area (Å²) < 4.78 is 45.4. The van der Waals surface area contributed by atoms with E-state index < -0.39 is 10.0 Å². The minimum atomic E-state index is -3.55. The number of rotatable bonds is 5. The minimum Gasteiger partial charge on any atom is -0.490 e. The molecular formula is C20H23N3O5S. The van der Waals surface area contributed by atoms with Crippen LogP contribution in [0.4, 0.5) is 0 Å². The van der Waals surface area contributed by atoms with Gasteiger partial charge in [-0.3, -0.25) is 0 Å². The van der Waals surface area contributed by atoms with Crippen LogP contribution in [0.1, 0.15) is 25.3 Å². The van der Waals surface area contributed by atoms with E-state index in [4.69, 9.17) is 9.47 Å². The van der Waals surface area contributed by atoms with E-state index in [2.05, 4.69) is 32.6 Å². The molecule has 4 heterocycles. The third kappa shape index (κ3) is 3.43. The highest BCUT2D eigenvalue weighted by molar-refractivity contribution is 7.89. The SMILES string of the molecule is O=S(=O)(c1cnoc1)N1CCC(Oc2cccc3c2ccn3C2CCOC2)CC1. The lowest BCUT2D eigenvalue weighted by Crippen LogP contribution is -2.41. The molecule has 8 nitrogen and oxygen atoms in total. The summed E-state index contributed by atoms with van der Waals surface area (Å²) in [6.45, 7) is 2.37. The zero-order chi connectivity index (χ0) is 19.8. The van der Waals surface area contributed by atoms with Gasteiger partial charge in [0.05, 0.1) is 24.4 Å². The normalized spacial score (nSPS) is 21.7. The maximum absolute atomic E-state index is 12.6. The third-order valence-corrected chi connectivity index (χ3v) is 7.61. The Labute approximate surface area is 169 Å². The van der Waals surface area contributed by atoms with Crippen LogP contribution < -0.4 is 4.74 Å². The maximum Gasteiger partial charge on any atom is 0.247 e. The summed E-state index contributed by atoms with van der Waals surface area (Å²) in [5.41, 5.74) is 1.14. The Hall–Kier alpha value is -2.36. The first-order valence-electron chi connectivity index (χ1n) is 9.86. The Kier molecular flexibility index (Phi) is 4.81. The lowest BCUT2D eigenvalue weighted by Gasteiger charge is -2.31. The number of benzene rings is 1. The summed E-state index contributed by atoms with van der Waals surface area (Å²) in [6, 6.07) is 8.56. The average Bonchev–Trinajstić information content (AvgIpc) is 3.49. The van der Waals surface area contributed by atoms with Crippen LogP contribution in [0.25, 0.3) is 10.9 Å². The van der Waals surface area contributed by atoms with Gasteiger partial charge in [-0.2, -0.15) is 4.31 Å². The van der Waals surface area contributed by atoms with Gasteiger partial charge in [-0.1, -0.05) is 11.2 Å². The number of nitrogens with zero attached hydrogens (tertiary/aromatic N) is 3. The first-order valence-corrected chi connectivity index (χ1v) is 11.3. The van der Waals surface area contributed by atoms with Gasteiger partial charge in [0.25, 0.3) is 0 Å². The van der Waals surface area contributed by atoms with Crippen molar-refractivity contribution in [2.45, 2.75) is 36.3 Å². The highest BCUT2D eigenvalue weighted by Gasteiger charge is 2.31. The fourth-order valence-corrected chi connectivity index (χ4v) is 5.49. The number of hydrogen-bond acceptors (Lipinski definition) is 6. The maximum atomic E-state index is 12.6. The van der Waals surface area contributed by atoms with Crippen molar-refractivity contribution in [3.8, 4) is 5.75 Å². The molecule has 29 heavy (non-hydrogen) atoms. The first-order chi connectivity index (χ1) is 14.1. The molecule has 2 aliphatic heterocycles. The molecule has 0 amide bonds. The van der Waals surface area contributed by atoms with Gasteiger partial charge in [-0.25, -0.2) is 8.42 Å². The fraction of sp³-hybridized carbons (Fsp3) is 0.450. The molecule has 1 unspecified atom stereocenters. The second-order valence-electron chi connectivity index (χ2n) is 7.51. The molecule has 0 bridgehead atoms. The van der Waals surface area contributed by atoms with Crippen molar-refractivity contribution in [3.05, 3.63) is 42.9 Å². The molecule has 2 fully saturated rings. The zero-order valence-electron chi connectivity index (χ0n) is 15.9. The standard InChI is InChI=1S/C20H23N3O5S/c24-29(25,17-12-21-27-14-17)22-8-4-16(5-9-22)28-20-3-1-2-19-18(20)6-10-23(19)15-7-11-26-13-15/h1-3,6,10,12,14-16H,4-5,7-9,11,13H2. The van der Waals surface area contributed by atoms with E-state index in [1.54, 1.807) is 0 Å². The summed E-state index contributed by atoms with van der Waals surface area (Å²) in [6.07, 6.45) is 6.78. The molecule has 1 atom stereocenters. The number of fused-ring (bicyclic) bond motifs is 1. The van der Waals surface area contributed by atoms with Crippen LogP contribution >= 0.6 is 0 Å². The van der Waals surface area contributed by atoms with E-state index in [0.29, 0.717) is 32.0 Å². The predicted molar refractivity (Wildman–Crippen MR) is 105 cm³/mol. The molecule has 3 aromatic rings. The van der Waals surface area contributed by atoms with Crippen molar-refractivity contribution in [2.75, 3.05) is 26.3 Å². The third-order valence-electron chi connectivity index (χ3n) is 5.76. The Morgan fingerprint density at radius 2 is 2.00 bits per heavy atom. The second-order valence-corrected chi connectivity index (χ2v) is 9.45. The molecule has 2 aliphatic rings. The molecule has 5 rings (SSSR count). The van der Waals surface area contributed by atoms with E-state index >= 15 is 0 Å². The molecule has 2 saturated heterocycles. The Morgan fingerprint density at radius 1 is 1.14 bits per heavy atom. The van der Waals surface area contributed by atoms with Gasteiger partial charge in [0.1, 0.15) is 23.0 Å². The molecule has 1 aromatic carbocycles. The molecule has 0 N–H and O–H groups in total. The largest absolute Gasteiger partial charge is 0.490 e. The number of piperidine rings is 1. The fourth-order valence-electron chi connectivity index (χ4n) is 4.16. The lowest BCUT2D eigenvalue weighted by molar-refractivity contribution is 0.137. The van der Waals surface area contributed by atoms with Gasteiger partial charge in [-0.05, 0) is 37.5 Å². The van der Waals surface area contributed by atoms with Gasteiger partial charge in [-0.15, -0.1) is 0 Å². The second kappa shape index (κ2) is 7.47. The van der Waals surface area contributed by atoms with Gasteiger partial charge in [0.15, 0.2) is 0 Å². The smallest absolute Gasteiger partial charge is 0.247 e. The van der Waals surface area contributed by atoms with Crippen LogP contribution in [0.2, 0.25) is 0 Å². The van der Waals surface area contributed by atoms with Crippen LogP contribution in [-0.4, -0.2) is 54.9 Å². The van der Waals surface area contributed by atoms with Crippen molar-refractivity contribution in [1.29, 1.82) is 0 Å². The monoisotopic (exact) mass is 417 g/mol. The van der Waals surface area contributed by atoms with Crippen molar-refractivity contribution in [1.82, 2.24) is 14.0 Å². The van der Waals surface area contributed by atoms with Crippen LogP contribution in [0.15, 0.2) is 52.3 Å². The van der Waals surface area contributed by atoms with Gasteiger partial charge in [0.2, 0.25) is 10.0 Å². The van der Waals surface area contributed by atoms with E-state index in [0.717, 1.165) is 36.3 Å². The number of sulfonamides is 1. The Balaban J connectivity index is 1.29. The molecular weight excluding hydrogens is 394 g/mol. The minimum absolute atomic E-state index is 0.0207. The molecule has 0 aliphatic carbocycles.